The topological polar surface area (TPSA) is 75.9 Å². The summed E-state index contributed by atoms with van der Waals surface area (Å²) in [5.74, 6) is 0.369. The summed E-state index contributed by atoms with van der Waals surface area (Å²) in [5.41, 5.74) is 2.66. The second-order valence-corrected chi connectivity index (χ2v) is 2.34. The first kappa shape index (κ1) is 6.99. The summed E-state index contributed by atoms with van der Waals surface area (Å²) >= 11 is 0. The number of hydrogen-bond acceptors (Lipinski definition) is 5. The van der Waals surface area contributed by atoms with Gasteiger partial charge in [0.05, 0.1) is 11.6 Å². The van der Waals surface area contributed by atoms with Crippen LogP contribution in [0.25, 0.3) is 11.0 Å². The molecule has 12 heavy (non-hydrogen) atoms. The van der Waals surface area contributed by atoms with E-state index in [0.29, 0.717) is 16.9 Å². The number of hydrogen-bond donors (Lipinski definition) is 2. The third kappa shape index (κ3) is 0.817. The van der Waals surface area contributed by atoms with Crippen LogP contribution in [0.1, 0.15) is 0 Å². The number of rotatable bonds is 1. The Morgan fingerprint density at radius 3 is 3.08 bits per heavy atom. The lowest BCUT2D eigenvalue weighted by atomic mass is 10.4. The third-order valence-corrected chi connectivity index (χ3v) is 1.64. The van der Waals surface area contributed by atoms with Gasteiger partial charge in [-0.3, -0.25) is 15.4 Å². The van der Waals surface area contributed by atoms with E-state index in [1.54, 1.807) is 17.9 Å². The lowest BCUT2D eigenvalue weighted by Crippen LogP contribution is -1.96. The Morgan fingerprint density at radius 1 is 1.50 bits per heavy atom. The predicted octanol–water partition coefficient (Wildman–Crippen LogP) is 0.164. The third-order valence-electron chi connectivity index (χ3n) is 1.64. The van der Waals surface area contributed by atoms with Gasteiger partial charge in [-0.05, 0) is 0 Å². The molecule has 0 radical (unpaired) electrons. The first-order valence-corrected chi connectivity index (χ1v) is 3.35. The van der Waals surface area contributed by atoms with Gasteiger partial charge in [0.2, 0.25) is 0 Å². The molecule has 0 aliphatic heterocycles. The molecule has 2 aromatic rings. The molecule has 2 aromatic heterocycles. The molecular formula is C6H7N5O. The minimum atomic E-state index is 0.369. The fraction of sp³-hybridized carbons (Fsp3) is 0.167. The maximum Gasteiger partial charge on any atom is 0.164 e. The SMILES string of the molecule is Cn1ncc2c(NO)ncnc21. The zero-order chi connectivity index (χ0) is 8.55. The molecule has 0 bridgehead atoms. The average Bonchev–Trinajstić information content (AvgIpc) is 2.48. The molecule has 2 rings (SSSR count). The van der Waals surface area contributed by atoms with E-state index < -0.39 is 0 Å². The first-order chi connectivity index (χ1) is 5.83. The van der Waals surface area contributed by atoms with Crippen LogP contribution < -0.4 is 5.48 Å². The van der Waals surface area contributed by atoms with E-state index in [9.17, 15) is 0 Å². The fourth-order valence-electron chi connectivity index (χ4n) is 1.05. The van der Waals surface area contributed by atoms with Gasteiger partial charge in [-0.15, -0.1) is 0 Å². The molecule has 0 aromatic carbocycles. The molecule has 2 N–H and O–H groups in total. The highest BCUT2D eigenvalue weighted by Gasteiger charge is 2.05. The van der Waals surface area contributed by atoms with E-state index in [2.05, 4.69) is 15.1 Å². The number of fused-ring (bicyclic) bond motifs is 1. The van der Waals surface area contributed by atoms with Crippen molar-refractivity contribution in [3.8, 4) is 0 Å². The van der Waals surface area contributed by atoms with Crippen molar-refractivity contribution in [2.24, 2.45) is 7.05 Å². The largest absolute Gasteiger partial charge is 0.290 e. The predicted molar refractivity (Wildman–Crippen MR) is 41.7 cm³/mol. The van der Waals surface area contributed by atoms with E-state index in [0.717, 1.165) is 0 Å². The second-order valence-electron chi connectivity index (χ2n) is 2.34. The summed E-state index contributed by atoms with van der Waals surface area (Å²) in [5, 5.41) is 13.3. The normalized spacial score (nSPS) is 10.5. The highest BCUT2D eigenvalue weighted by molar-refractivity contribution is 5.85. The van der Waals surface area contributed by atoms with Crippen LogP contribution >= 0.6 is 0 Å². The molecule has 0 fully saturated rings. The lowest BCUT2D eigenvalue weighted by molar-refractivity contribution is 0.387. The summed E-state index contributed by atoms with van der Waals surface area (Å²) in [6.07, 6.45) is 2.95. The quantitative estimate of drug-likeness (QED) is 0.589. The molecule has 62 valence electrons. The molecule has 0 aliphatic rings. The van der Waals surface area contributed by atoms with Crippen LogP contribution in [0.5, 0.6) is 0 Å². The van der Waals surface area contributed by atoms with Crippen LogP contribution in [0.3, 0.4) is 0 Å². The number of aryl methyl sites for hydroxylation is 1. The summed E-state index contributed by atoms with van der Waals surface area (Å²) < 4.78 is 1.61. The molecule has 0 unspecified atom stereocenters. The van der Waals surface area contributed by atoms with Gasteiger partial charge in [0.1, 0.15) is 6.33 Å². The van der Waals surface area contributed by atoms with E-state index in [1.165, 1.54) is 6.33 Å². The van der Waals surface area contributed by atoms with Gasteiger partial charge >= 0.3 is 0 Å². The monoisotopic (exact) mass is 165 g/mol. The van der Waals surface area contributed by atoms with Crippen molar-refractivity contribution >= 4 is 16.9 Å². The number of aromatic nitrogens is 4. The molecule has 0 saturated heterocycles. The van der Waals surface area contributed by atoms with Gasteiger partial charge in [-0.25, -0.2) is 9.97 Å². The zero-order valence-electron chi connectivity index (χ0n) is 6.39. The van der Waals surface area contributed by atoms with Gasteiger partial charge in [-0.2, -0.15) is 5.10 Å². The molecule has 2 heterocycles. The van der Waals surface area contributed by atoms with Crippen molar-refractivity contribution in [3.63, 3.8) is 0 Å². The molecule has 6 nitrogen and oxygen atoms in total. The Kier molecular flexibility index (Phi) is 1.41. The van der Waals surface area contributed by atoms with Crippen LogP contribution in [-0.2, 0) is 7.05 Å². The van der Waals surface area contributed by atoms with Crippen molar-refractivity contribution in [2.75, 3.05) is 5.48 Å². The smallest absolute Gasteiger partial charge is 0.164 e. The Labute approximate surface area is 67.8 Å². The van der Waals surface area contributed by atoms with Gasteiger partial charge in [0, 0.05) is 7.05 Å². The van der Waals surface area contributed by atoms with Crippen LogP contribution in [0.4, 0.5) is 5.82 Å². The van der Waals surface area contributed by atoms with Crippen molar-refractivity contribution in [1.29, 1.82) is 0 Å². The standard InChI is InChI=1S/C6H7N5O/c1-11-6-4(2-9-11)5(10-12)7-3-8-6/h2-3,12H,1H3,(H,7,8,10). The van der Waals surface area contributed by atoms with Crippen LogP contribution in [-0.4, -0.2) is 25.0 Å². The maximum atomic E-state index is 8.67. The van der Waals surface area contributed by atoms with E-state index in [1.807, 2.05) is 5.48 Å². The van der Waals surface area contributed by atoms with Crippen molar-refractivity contribution in [3.05, 3.63) is 12.5 Å². The van der Waals surface area contributed by atoms with Gasteiger partial charge in [0.15, 0.2) is 11.5 Å². The van der Waals surface area contributed by atoms with Gasteiger partial charge in [-0.1, -0.05) is 0 Å². The molecule has 0 atom stereocenters. The Bertz CT molecular complexity index is 409. The second kappa shape index (κ2) is 2.42. The van der Waals surface area contributed by atoms with Crippen LogP contribution in [0.2, 0.25) is 0 Å². The van der Waals surface area contributed by atoms with E-state index in [4.69, 9.17) is 5.21 Å². The van der Waals surface area contributed by atoms with Gasteiger partial charge < -0.3 is 0 Å². The molecule has 0 saturated carbocycles. The number of anilines is 1. The molecular weight excluding hydrogens is 158 g/mol. The minimum absolute atomic E-state index is 0.369. The molecule has 6 heteroatoms. The summed E-state index contributed by atoms with van der Waals surface area (Å²) in [6, 6.07) is 0. The lowest BCUT2D eigenvalue weighted by Gasteiger charge is -1.97. The Morgan fingerprint density at radius 2 is 2.33 bits per heavy atom. The average molecular weight is 165 g/mol. The summed E-state index contributed by atoms with van der Waals surface area (Å²) in [7, 11) is 1.77. The van der Waals surface area contributed by atoms with Crippen molar-refractivity contribution in [1.82, 2.24) is 19.7 Å². The van der Waals surface area contributed by atoms with E-state index in [-0.39, 0.29) is 0 Å². The van der Waals surface area contributed by atoms with Crippen LogP contribution in [0, 0.1) is 0 Å². The highest BCUT2D eigenvalue weighted by atomic mass is 16.5. The molecule has 0 amide bonds. The number of nitrogens with zero attached hydrogens (tertiary/aromatic N) is 4. The highest BCUT2D eigenvalue weighted by Crippen LogP contribution is 2.16. The van der Waals surface area contributed by atoms with E-state index >= 15 is 0 Å². The Balaban J connectivity index is 2.81. The Hall–Kier alpha value is -1.69. The summed E-state index contributed by atoms with van der Waals surface area (Å²) in [6.45, 7) is 0. The first-order valence-electron chi connectivity index (χ1n) is 3.35. The van der Waals surface area contributed by atoms with Crippen molar-refractivity contribution in [2.45, 2.75) is 0 Å². The minimum Gasteiger partial charge on any atom is -0.290 e. The van der Waals surface area contributed by atoms with Crippen molar-refractivity contribution < 1.29 is 5.21 Å². The van der Waals surface area contributed by atoms with Crippen LogP contribution in [0.15, 0.2) is 12.5 Å². The zero-order valence-corrected chi connectivity index (χ0v) is 6.39. The maximum absolute atomic E-state index is 8.67. The fourth-order valence-corrected chi connectivity index (χ4v) is 1.05. The summed E-state index contributed by atoms with van der Waals surface area (Å²) in [4.78, 5) is 7.80. The number of nitrogens with one attached hydrogen (secondary N) is 1. The molecule has 0 spiro atoms. The molecule has 0 aliphatic carbocycles. The van der Waals surface area contributed by atoms with Gasteiger partial charge in [0.25, 0.3) is 0 Å².